The van der Waals surface area contributed by atoms with Crippen LogP contribution < -0.4 is 9.64 Å². The van der Waals surface area contributed by atoms with Crippen LogP contribution in [0.25, 0.3) is 0 Å². The zero-order valence-corrected chi connectivity index (χ0v) is 15.8. The van der Waals surface area contributed by atoms with E-state index in [-0.39, 0.29) is 17.9 Å². The molecule has 5 nitrogen and oxygen atoms in total. The summed E-state index contributed by atoms with van der Waals surface area (Å²) in [6, 6.07) is 7.50. The number of hydrogen-bond donors (Lipinski definition) is 0. The molecule has 0 saturated carbocycles. The van der Waals surface area contributed by atoms with Crippen molar-refractivity contribution in [2.45, 2.75) is 53.1 Å². The van der Waals surface area contributed by atoms with Gasteiger partial charge in [0.2, 0.25) is 11.8 Å². The average molecular weight is 346 g/mol. The SMILES string of the molecule is CC(=O)N(CCC(=O)N1CCCC(C)C1)c1ccccc1OC(C)C. The predicted octanol–water partition coefficient (Wildman–Crippen LogP) is 3.48. The number of ether oxygens (including phenoxy) is 1. The number of amides is 2. The Morgan fingerprint density at radius 2 is 2.04 bits per heavy atom. The van der Waals surface area contributed by atoms with Crippen LogP contribution in [0.1, 0.15) is 47.0 Å². The molecule has 1 aliphatic heterocycles. The lowest BCUT2D eigenvalue weighted by molar-refractivity contribution is -0.132. The number of hydrogen-bond acceptors (Lipinski definition) is 3. The number of piperidine rings is 1. The molecule has 0 aliphatic carbocycles. The molecule has 0 bridgehead atoms. The zero-order chi connectivity index (χ0) is 18.4. The van der Waals surface area contributed by atoms with Gasteiger partial charge >= 0.3 is 0 Å². The van der Waals surface area contributed by atoms with E-state index in [1.807, 2.05) is 43.0 Å². The van der Waals surface area contributed by atoms with E-state index in [4.69, 9.17) is 4.74 Å². The van der Waals surface area contributed by atoms with Crippen molar-refractivity contribution in [3.05, 3.63) is 24.3 Å². The molecule has 1 aromatic rings. The quantitative estimate of drug-likeness (QED) is 0.792. The predicted molar refractivity (Wildman–Crippen MR) is 99.8 cm³/mol. The van der Waals surface area contributed by atoms with Crippen molar-refractivity contribution < 1.29 is 14.3 Å². The number of benzene rings is 1. The van der Waals surface area contributed by atoms with Crippen molar-refractivity contribution in [3.8, 4) is 5.75 Å². The summed E-state index contributed by atoms with van der Waals surface area (Å²) in [5, 5.41) is 0. The van der Waals surface area contributed by atoms with E-state index in [0.29, 0.717) is 24.6 Å². The molecule has 2 amide bonds. The highest BCUT2D eigenvalue weighted by atomic mass is 16.5. The summed E-state index contributed by atoms with van der Waals surface area (Å²) in [7, 11) is 0. The number of rotatable bonds is 6. The van der Waals surface area contributed by atoms with E-state index in [0.717, 1.165) is 25.2 Å². The lowest BCUT2D eigenvalue weighted by atomic mass is 10.00. The second-order valence-electron chi connectivity index (χ2n) is 7.14. The van der Waals surface area contributed by atoms with Crippen LogP contribution in [-0.4, -0.2) is 42.5 Å². The van der Waals surface area contributed by atoms with Crippen LogP contribution in [0, 0.1) is 5.92 Å². The molecule has 1 fully saturated rings. The molecule has 0 radical (unpaired) electrons. The summed E-state index contributed by atoms with van der Waals surface area (Å²) in [4.78, 5) is 28.3. The normalized spacial score (nSPS) is 17.5. The lowest BCUT2D eigenvalue weighted by Crippen LogP contribution is -2.41. The third kappa shape index (κ3) is 5.48. The molecule has 1 aliphatic rings. The molecule has 0 N–H and O–H groups in total. The van der Waals surface area contributed by atoms with Crippen LogP contribution in [0.5, 0.6) is 5.75 Å². The van der Waals surface area contributed by atoms with Crippen molar-refractivity contribution in [3.63, 3.8) is 0 Å². The van der Waals surface area contributed by atoms with Gasteiger partial charge in [0.05, 0.1) is 11.8 Å². The Labute approximate surface area is 150 Å². The Kier molecular flexibility index (Phi) is 6.85. The topological polar surface area (TPSA) is 49.9 Å². The van der Waals surface area contributed by atoms with Crippen molar-refractivity contribution in [2.24, 2.45) is 5.92 Å². The Morgan fingerprint density at radius 3 is 2.68 bits per heavy atom. The van der Waals surface area contributed by atoms with Crippen molar-refractivity contribution >= 4 is 17.5 Å². The van der Waals surface area contributed by atoms with Crippen LogP contribution in [0.15, 0.2) is 24.3 Å². The molecule has 1 saturated heterocycles. The number of nitrogens with zero attached hydrogens (tertiary/aromatic N) is 2. The fourth-order valence-electron chi connectivity index (χ4n) is 3.26. The Hall–Kier alpha value is -2.04. The number of para-hydroxylation sites is 2. The van der Waals surface area contributed by atoms with Gasteiger partial charge in [-0.1, -0.05) is 19.1 Å². The number of carbonyl (C=O) groups excluding carboxylic acids is 2. The minimum absolute atomic E-state index is 0.0198. The first-order valence-electron chi connectivity index (χ1n) is 9.20. The maximum absolute atomic E-state index is 12.5. The van der Waals surface area contributed by atoms with Gasteiger partial charge in [-0.15, -0.1) is 0 Å². The Bertz CT molecular complexity index is 600. The molecule has 5 heteroatoms. The lowest BCUT2D eigenvalue weighted by Gasteiger charge is -2.32. The second kappa shape index (κ2) is 8.88. The molecule has 1 aromatic carbocycles. The average Bonchev–Trinajstić information content (AvgIpc) is 2.55. The van der Waals surface area contributed by atoms with Crippen molar-refractivity contribution in [1.82, 2.24) is 4.90 Å². The van der Waals surface area contributed by atoms with Crippen molar-refractivity contribution in [1.29, 1.82) is 0 Å². The first-order chi connectivity index (χ1) is 11.9. The summed E-state index contributed by atoms with van der Waals surface area (Å²) in [5.41, 5.74) is 0.725. The smallest absolute Gasteiger partial charge is 0.224 e. The molecule has 2 rings (SSSR count). The van der Waals surface area contributed by atoms with Crippen LogP contribution >= 0.6 is 0 Å². The van der Waals surface area contributed by atoms with Gasteiger partial charge in [-0.2, -0.15) is 0 Å². The van der Waals surface area contributed by atoms with Gasteiger partial charge in [0, 0.05) is 33.0 Å². The highest BCUT2D eigenvalue weighted by molar-refractivity contribution is 5.93. The first kappa shape index (κ1) is 19.3. The molecule has 0 aromatic heterocycles. The highest BCUT2D eigenvalue weighted by Crippen LogP contribution is 2.29. The fourth-order valence-corrected chi connectivity index (χ4v) is 3.26. The first-order valence-corrected chi connectivity index (χ1v) is 9.20. The monoisotopic (exact) mass is 346 g/mol. The van der Waals surface area contributed by atoms with Crippen LogP contribution in [0.2, 0.25) is 0 Å². The number of carbonyl (C=O) groups is 2. The van der Waals surface area contributed by atoms with E-state index < -0.39 is 0 Å². The number of anilines is 1. The van der Waals surface area contributed by atoms with Gasteiger partial charge in [0.25, 0.3) is 0 Å². The molecular weight excluding hydrogens is 316 g/mol. The van der Waals surface area contributed by atoms with E-state index in [9.17, 15) is 9.59 Å². The van der Waals surface area contributed by atoms with E-state index >= 15 is 0 Å². The fraction of sp³-hybridized carbons (Fsp3) is 0.600. The van der Waals surface area contributed by atoms with Gasteiger partial charge in [0.15, 0.2) is 0 Å². The van der Waals surface area contributed by atoms with E-state index in [1.165, 1.54) is 13.3 Å². The zero-order valence-electron chi connectivity index (χ0n) is 15.8. The standard InChI is InChI=1S/C20H30N2O3/c1-15(2)25-19-10-6-5-9-18(19)22(17(4)23)13-11-20(24)21-12-7-8-16(3)14-21/h5-6,9-10,15-16H,7-8,11-14H2,1-4H3. The Morgan fingerprint density at radius 1 is 1.32 bits per heavy atom. The molecule has 138 valence electrons. The molecule has 25 heavy (non-hydrogen) atoms. The van der Waals surface area contributed by atoms with Crippen LogP contribution in [-0.2, 0) is 9.59 Å². The molecule has 1 unspecified atom stereocenters. The van der Waals surface area contributed by atoms with E-state index in [1.54, 1.807) is 4.90 Å². The maximum Gasteiger partial charge on any atom is 0.224 e. The largest absolute Gasteiger partial charge is 0.489 e. The molecule has 0 spiro atoms. The third-order valence-corrected chi connectivity index (χ3v) is 4.46. The Balaban J connectivity index is 2.06. The molecule has 1 atom stereocenters. The van der Waals surface area contributed by atoms with E-state index in [2.05, 4.69) is 6.92 Å². The van der Waals surface area contributed by atoms with Crippen LogP contribution in [0.3, 0.4) is 0 Å². The second-order valence-corrected chi connectivity index (χ2v) is 7.14. The summed E-state index contributed by atoms with van der Waals surface area (Å²) in [6.45, 7) is 9.64. The molecule has 1 heterocycles. The van der Waals surface area contributed by atoms with Gasteiger partial charge in [-0.05, 0) is 44.7 Å². The summed E-state index contributed by atoms with van der Waals surface area (Å²) >= 11 is 0. The molecular formula is C20H30N2O3. The third-order valence-electron chi connectivity index (χ3n) is 4.46. The highest BCUT2D eigenvalue weighted by Gasteiger charge is 2.23. The summed E-state index contributed by atoms with van der Waals surface area (Å²) < 4.78 is 5.82. The maximum atomic E-state index is 12.5. The van der Waals surface area contributed by atoms with Crippen LogP contribution in [0.4, 0.5) is 5.69 Å². The minimum atomic E-state index is -0.0837. The number of likely N-dealkylation sites (tertiary alicyclic amines) is 1. The van der Waals surface area contributed by atoms with Gasteiger partial charge < -0.3 is 14.5 Å². The summed E-state index contributed by atoms with van der Waals surface area (Å²) in [5.74, 6) is 1.27. The minimum Gasteiger partial charge on any atom is -0.489 e. The summed E-state index contributed by atoms with van der Waals surface area (Å²) in [6.07, 6.45) is 2.60. The van der Waals surface area contributed by atoms with Gasteiger partial charge in [-0.25, -0.2) is 0 Å². The van der Waals surface area contributed by atoms with Gasteiger partial charge in [0.1, 0.15) is 5.75 Å². The van der Waals surface area contributed by atoms with Crippen molar-refractivity contribution in [2.75, 3.05) is 24.5 Å². The van der Waals surface area contributed by atoms with Gasteiger partial charge in [-0.3, -0.25) is 9.59 Å².